The fourth-order valence-corrected chi connectivity index (χ4v) is 3.73. The molecule has 4 heterocycles. The van der Waals surface area contributed by atoms with Crippen LogP contribution in [0.4, 0.5) is 0 Å². The highest BCUT2D eigenvalue weighted by Crippen LogP contribution is 2.34. The van der Waals surface area contributed by atoms with Crippen molar-refractivity contribution in [1.29, 1.82) is 0 Å². The minimum atomic E-state index is -0.257. The number of aromatic nitrogens is 7. The molecule has 0 radical (unpaired) electrons. The van der Waals surface area contributed by atoms with Gasteiger partial charge in [-0.05, 0) is 39.8 Å². The van der Waals surface area contributed by atoms with Gasteiger partial charge < -0.3 is 9.88 Å². The molecule has 5 rings (SSSR count). The van der Waals surface area contributed by atoms with Crippen molar-refractivity contribution in [3.05, 3.63) is 89.5 Å². The zero-order valence-corrected chi connectivity index (χ0v) is 15.5. The van der Waals surface area contributed by atoms with Crippen molar-refractivity contribution in [3.8, 4) is 0 Å². The molecule has 1 aliphatic heterocycles. The van der Waals surface area contributed by atoms with Crippen LogP contribution in [0.2, 0.25) is 0 Å². The van der Waals surface area contributed by atoms with E-state index in [1.54, 1.807) is 29.7 Å². The van der Waals surface area contributed by atoms with E-state index in [0.717, 1.165) is 28.9 Å². The highest BCUT2D eigenvalue weighted by Gasteiger charge is 2.34. The lowest BCUT2D eigenvalue weighted by atomic mass is 9.95. The van der Waals surface area contributed by atoms with E-state index >= 15 is 0 Å². The number of fused-ring (bicyclic) bond motifs is 1. The first-order valence-electron chi connectivity index (χ1n) is 9.32. The number of amides is 1. The van der Waals surface area contributed by atoms with E-state index in [4.69, 9.17) is 0 Å². The molecule has 1 atom stereocenters. The summed E-state index contributed by atoms with van der Waals surface area (Å²) in [6, 6.07) is 11.2. The number of benzene rings is 1. The summed E-state index contributed by atoms with van der Waals surface area (Å²) in [5, 5.41) is 11.1. The van der Waals surface area contributed by atoms with Crippen molar-refractivity contribution in [3.63, 3.8) is 0 Å². The average Bonchev–Trinajstić information content (AvgIpc) is 3.45. The van der Waals surface area contributed by atoms with Crippen LogP contribution in [0.3, 0.4) is 0 Å². The second kappa shape index (κ2) is 7.27. The fraction of sp³-hybridized carbons (Fsp3) is 0.200. The molecule has 0 spiro atoms. The number of rotatable bonds is 4. The van der Waals surface area contributed by atoms with Gasteiger partial charge in [0.2, 0.25) is 0 Å². The van der Waals surface area contributed by atoms with Gasteiger partial charge in [-0.3, -0.25) is 9.78 Å². The van der Waals surface area contributed by atoms with Gasteiger partial charge in [0.05, 0.1) is 18.6 Å². The van der Waals surface area contributed by atoms with Crippen molar-refractivity contribution in [2.24, 2.45) is 0 Å². The smallest absolute Gasteiger partial charge is 0.254 e. The Morgan fingerprint density at radius 1 is 1.21 bits per heavy atom. The number of nitrogens with zero attached hydrogens (tertiary/aromatic N) is 7. The number of H-pyrrole nitrogens is 1. The van der Waals surface area contributed by atoms with Gasteiger partial charge in [0.1, 0.15) is 12.4 Å². The Morgan fingerprint density at radius 2 is 2.10 bits per heavy atom. The molecule has 0 fully saturated rings. The van der Waals surface area contributed by atoms with Crippen molar-refractivity contribution < 1.29 is 4.79 Å². The molecular weight excluding hydrogens is 368 g/mol. The number of hydrogen-bond donors (Lipinski definition) is 1. The maximum Gasteiger partial charge on any atom is 0.254 e. The number of hydrogen-bond acceptors (Lipinski definition) is 6. The Morgan fingerprint density at radius 3 is 2.86 bits per heavy atom. The highest BCUT2D eigenvalue weighted by molar-refractivity contribution is 5.95. The Balaban J connectivity index is 1.43. The minimum Gasteiger partial charge on any atom is -0.348 e. The van der Waals surface area contributed by atoms with Gasteiger partial charge in [0.15, 0.2) is 0 Å². The molecule has 4 aromatic rings. The molecule has 144 valence electrons. The summed E-state index contributed by atoms with van der Waals surface area (Å²) in [6.07, 6.45) is 7.52. The lowest BCUT2D eigenvalue weighted by Gasteiger charge is -2.35. The molecule has 1 aliphatic rings. The average molecular weight is 386 g/mol. The second-order valence-corrected chi connectivity index (χ2v) is 6.91. The molecule has 0 saturated carbocycles. The van der Waals surface area contributed by atoms with E-state index in [-0.39, 0.29) is 11.9 Å². The third-order valence-electron chi connectivity index (χ3n) is 5.12. The van der Waals surface area contributed by atoms with Crippen molar-refractivity contribution in [2.45, 2.75) is 19.0 Å². The van der Waals surface area contributed by atoms with Crippen LogP contribution >= 0.6 is 0 Å². The molecule has 1 unspecified atom stereocenters. The van der Waals surface area contributed by atoms with E-state index in [9.17, 15) is 4.79 Å². The minimum absolute atomic E-state index is 0.0264. The summed E-state index contributed by atoms with van der Waals surface area (Å²) in [4.78, 5) is 27.2. The van der Waals surface area contributed by atoms with E-state index < -0.39 is 0 Å². The number of carbonyl (C=O) groups excluding carboxylic acids is 1. The third kappa shape index (κ3) is 3.27. The normalized spacial score (nSPS) is 15.9. The number of nitrogens with one attached hydrogen (secondary N) is 1. The van der Waals surface area contributed by atoms with Crippen LogP contribution in [0.1, 0.15) is 38.9 Å². The first-order chi connectivity index (χ1) is 14.3. The summed E-state index contributed by atoms with van der Waals surface area (Å²) >= 11 is 0. The zero-order chi connectivity index (χ0) is 19.6. The second-order valence-electron chi connectivity index (χ2n) is 6.91. The first-order valence-corrected chi connectivity index (χ1v) is 9.32. The van der Waals surface area contributed by atoms with E-state index in [2.05, 4.69) is 30.5 Å². The SMILES string of the molecule is O=C(c1ccc(Cn2cnnn2)cc1)N1CCc2[nH]cnc2C1c1cccnc1. The Kier molecular flexibility index (Phi) is 4.32. The maximum absolute atomic E-state index is 13.4. The number of imidazole rings is 1. The molecule has 9 nitrogen and oxygen atoms in total. The highest BCUT2D eigenvalue weighted by atomic mass is 16.2. The van der Waals surface area contributed by atoms with E-state index in [1.165, 1.54) is 0 Å². The van der Waals surface area contributed by atoms with Gasteiger partial charge >= 0.3 is 0 Å². The lowest BCUT2D eigenvalue weighted by Crippen LogP contribution is -2.40. The lowest BCUT2D eigenvalue weighted by molar-refractivity contribution is 0.0690. The van der Waals surface area contributed by atoms with Crippen LogP contribution in [0.15, 0.2) is 61.4 Å². The fourth-order valence-electron chi connectivity index (χ4n) is 3.73. The first kappa shape index (κ1) is 17.2. The summed E-state index contributed by atoms with van der Waals surface area (Å²) in [7, 11) is 0. The number of pyridine rings is 1. The third-order valence-corrected chi connectivity index (χ3v) is 5.12. The molecule has 3 aromatic heterocycles. The molecule has 0 bridgehead atoms. The topological polar surface area (TPSA) is 105 Å². The molecule has 9 heteroatoms. The Hall–Kier alpha value is -3.88. The summed E-state index contributed by atoms with van der Waals surface area (Å²) in [5.74, 6) is -0.0264. The van der Waals surface area contributed by atoms with Crippen LogP contribution < -0.4 is 0 Å². The zero-order valence-electron chi connectivity index (χ0n) is 15.5. The van der Waals surface area contributed by atoms with Gasteiger partial charge in [-0.15, -0.1) is 5.10 Å². The summed E-state index contributed by atoms with van der Waals surface area (Å²) in [6.45, 7) is 1.17. The molecule has 1 aromatic carbocycles. The summed E-state index contributed by atoms with van der Waals surface area (Å²) in [5.41, 5.74) is 4.56. The van der Waals surface area contributed by atoms with Gasteiger partial charge in [0, 0.05) is 36.6 Å². The quantitative estimate of drug-likeness (QED) is 0.571. The number of aromatic amines is 1. The van der Waals surface area contributed by atoms with Gasteiger partial charge in [0.25, 0.3) is 5.91 Å². The number of tetrazole rings is 1. The van der Waals surface area contributed by atoms with Crippen LogP contribution in [0, 0.1) is 0 Å². The van der Waals surface area contributed by atoms with Gasteiger partial charge in [-0.25, -0.2) is 9.67 Å². The molecule has 0 aliphatic carbocycles. The maximum atomic E-state index is 13.4. The van der Waals surface area contributed by atoms with Crippen LogP contribution in [-0.4, -0.2) is 52.5 Å². The monoisotopic (exact) mass is 386 g/mol. The van der Waals surface area contributed by atoms with Crippen LogP contribution in [0.5, 0.6) is 0 Å². The molecule has 1 amide bonds. The van der Waals surface area contributed by atoms with Crippen molar-refractivity contribution >= 4 is 5.91 Å². The largest absolute Gasteiger partial charge is 0.348 e. The van der Waals surface area contributed by atoms with E-state index in [0.29, 0.717) is 18.7 Å². The molecule has 1 N–H and O–H groups in total. The van der Waals surface area contributed by atoms with Crippen LogP contribution in [0.25, 0.3) is 0 Å². The number of carbonyl (C=O) groups is 1. The predicted octanol–water partition coefficient (Wildman–Crippen LogP) is 1.63. The van der Waals surface area contributed by atoms with Gasteiger partial charge in [-0.1, -0.05) is 18.2 Å². The Bertz CT molecular complexity index is 1110. The molecule has 29 heavy (non-hydrogen) atoms. The Labute approximate surface area is 166 Å². The molecule has 0 saturated heterocycles. The van der Waals surface area contributed by atoms with Crippen molar-refractivity contribution in [1.82, 2.24) is 40.1 Å². The van der Waals surface area contributed by atoms with E-state index in [1.807, 2.05) is 41.3 Å². The van der Waals surface area contributed by atoms with Crippen LogP contribution in [-0.2, 0) is 13.0 Å². The summed E-state index contributed by atoms with van der Waals surface area (Å²) < 4.78 is 1.64. The van der Waals surface area contributed by atoms with Gasteiger partial charge in [-0.2, -0.15) is 0 Å². The standard InChI is InChI=1S/C20H18N8O/c29-20(15-5-3-14(4-6-15)11-27-13-24-25-26-27)28-9-7-17-18(23-12-22-17)19(28)16-2-1-8-21-10-16/h1-6,8,10,12-13,19H,7,9,11H2,(H,22,23). The molecular formula is C20H18N8O. The van der Waals surface area contributed by atoms with Crippen molar-refractivity contribution in [2.75, 3.05) is 6.54 Å². The predicted molar refractivity (Wildman–Crippen MR) is 103 cm³/mol.